The molecule has 1 aromatic rings. The van der Waals surface area contributed by atoms with Crippen LogP contribution in [0, 0.1) is 0 Å². The molecule has 0 nitrogen and oxygen atoms in total. The number of halogens is 2. The van der Waals surface area contributed by atoms with Crippen molar-refractivity contribution in [3.05, 3.63) is 51.3 Å². The zero-order valence-corrected chi connectivity index (χ0v) is 11.7. The molecule has 0 atom stereocenters. The molecule has 3 heteroatoms. The van der Waals surface area contributed by atoms with Gasteiger partial charge in [-0.25, -0.2) is 0 Å². The van der Waals surface area contributed by atoms with E-state index in [0.29, 0.717) is 0 Å². The van der Waals surface area contributed by atoms with Gasteiger partial charge in [-0.05, 0) is 0 Å². The molecule has 14 heavy (non-hydrogen) atoms. The summed E-state index contributed by atoms with van der Waals surface area (Å²) in [4.78, 5) is 0. The van der Waals surface area contributed by atoms with Crippen molar-refractivity contribution in [1.29, 1.82) is 0 Å². The van der Waals surface area contributed by atoms with Gasteiger partial charge in [-0.3, -0.25) is 0 Å². The predicted molar refractivity (Wildman–Crippen MR) is 61.6 cm³/mol. The van der Waals surface area contributed by atoms with E-state index < -0.39 is 0 Å². The minimum absolute atomic E-state index is 0. The second-order valence-corrected chi connectivity index (χ2v) is 4.48. The molecule has 0 N–H and O–H groups in total. The van der Waals surface area contributed by atoms with E-state index in [0.717, 1.165) is 6.42 Å². The topological polar surface area (TPSA) is 0 Å². The molecule has 0 unspecified atom stereocenters. The Labute approximate surface area is 112 Å². The molecule has 0 aliphatic heterocycles. The first kappa shape index (κ1) is 14.2. The van der Waals surface area contributed by atoms with Gasteiger partial charge < -0.3 is 0 Å². The van der Waals surface area contributed by atoms with Crippen LogP contribution < -0.4 is 0 Å². The Balaban J connectivity index is 0.000000845. The van der Waals surface area contributed by atoms with Gasteiger partial charge in [0.2, 0.25) is 0 Å². The molecule has 0 saturated carbocycles. The van der Waals surface area contributed by atoms with E-state index in [9.17, 15) is 0 Å². The summed E-state index contributed by atoms with van der Waals surface area (Å²) in [7, 11) is 0. The molecule has 0 amide bonds. The Bertz CT molecular complexity index is 342. The van der Waals surface area contributed by atoms with Gasteiger partial charge in [0.1, 0.15) is 0 Å². The van der Waals surface area contributed by atoms with Crippen LogP contribution in [0.1, 0.15) is 12.0 Å². The van der Waals surface area contributed by atoms with Crippen molar-refractivity contribution in [1.82, 2.24) is 0 Å². The van der Waals surface area contributed by atoms with Crippen LogP contribution in [0.5, 0.6) is 0 Å². The fourth-order valence-corrected chi connectivity index (χ4v) is 1.99. The first-order valence-corrected chi connectivity index (χ1v) is 5.27. The molecule has 0 spiro atoms. The molecule has 2 rings (SSSR count). The Morgan fingerprint density at radius 2 is 1.64 bits per heavy atom. The minimum atomic E-state index is 0. The number of hydrogen-bond donors (Lipinski definition) is 0. The van der Waals surface area contributed by atoms with Crippen molar-refractivity contribution in [3.63, 3.8) is 0 Å². The third-order valence-electron chi connectivity index (χ3n) is 1.98. The van der Waals surface area contributed by atoms with Crippen LogP contribution in [-0.2, 0) is 24.7 Å². The summed E-state index contributed by atoms with van der Waals surface area (Å²) in [5.41, 5.74) is 2.73. The van der Waals surface area contributed by atoms with Gasteiger partial charge >= 0.3 is 88.0 Å². The first-order chi connectivity index (χ1) is 5.86. The van der Waals surface area contributed by atoms with Crippen LogP contribution in [0.4, 0.5) is 0 Å². The van der Waals surface area contributed by atoms with Crippen molar-refractivity contribution in [2.45, 2.75) is 6.42 Å². The van der Waals surface area contributed by atoms with E-state index >= 15 is 0 Å². The second-order valence-electron chi connectivity index (χ2n) is 2.90. The standard InChI is InChI=1S/C11H9.2ClH.Zr/c1-2-6-10(7-3-1)11-8-4-5-9-11;;;/h1-3,6-9H,4H2;2*1H;. The summed E-state index contributed by atoms with van der Waals surface area (Å²) >= 11 is 1.54. The zero-order valence-electron chi connectivity index (χ0n) is 7.57. The molecule has 0 saturated heterocycles. The monoisotopic (exact) mass is 303 g/mol. The predicted octanol–water partition coefficient (Wildman–Crippen LogP) is 3.75. The molecular formula is C11H11Cl2Zr. The van der Waals surface area contributed by atoms with Gasteiger partial charge in [-0.2, -0.15) is 0 Å². The summed E-state index contributed by atoms with van der Waals surface area (Å²) in [6, 6.07) is 10.6. The second kappa shape index (κ2) is 6.61. The fourth-order valence-electron chi connectivity index (χ4n) is 1.36. The Kier molecular flexibility index (Phi) is 6.69. The van der Waals surface area contributed by atoms with Crippen molar-refractivity contribution in [2.24, 2.45) is 0 Å². The molecule has 73 valence electrons. The van der Waals surface area contributed by atoms with Crippen molar-refractivity contribution in [3.8, 4) is 0 Å². The van der Waals surface area contributed by atoms with E-state index in [1.165, 1.54) is 11.1 Å². The summed E-state index contributed by atoms with van der Waals surface area (Å²) in [6.45, 7) is 0. The molecule has 0 aromatic heterocycles. The van der Waals surface area contributed by atoms with Crippen LogP contribution in [0.2, 0.25) is 0 Å². The van der Waals surface area contributed by atoms with E-state index in [4.69, 9.17) is 0 Å². The van der Waals surface area contributed by atoms with Crippen molar-refractivity contribution in [2.75, 3.05) is 0 Å². The Hall–Kier alpha value is 0.163. The van der Waals surface area contributed by atoms with Crippen LogP contribution in [0.3, 0.4) is 0 Å². The van der Waals surface area contributed by atoms with Gasteiger partial charge in [0, 0.05) is 0 Å². The third kappa shape index (κ3) is 3.38. The third-order valence-corrected chi connectivity index (χ3v) is 2.84. The SMILES string of the molecule is Cl.Cl.[Zr][C]1=CC(c2ccccc2)=CC1. The summed E-state index contributed by atoms with van der Waals surface area (Å²) in [6.07, 6.45) is 5.76. The van der Waals surface area contributed by atoms with Crippen molar-refractivity contribution < 1.29 is 24.7 Å². The van der Waals surface area contributed by atoms with E-state index in [1.54, 1.807) is 28.0 Å². The molecule has 0 bridgehead atoms. The average molecular weight is 305 g/mol. The van der Waals surface area contributed by atoms with Crippen LogP contribution in [0.25, 0.3) is 5.57 Å². The molecule has 1 aromatic carbocycles. The summed E-state index contributed by atoms with van der Waals surface area (Å²) in [5.74, 6) is 0. The number of benzene rings is 1. The van der Waals surface area contributed by atoms with Gasteiger partial charge in [0.05, 0.1) is 0 Å². The molecule has 0 radical (unpaired) electrons. The normalized spacial score (nSPS) is 13.4. The summed E-state index contributed by atoms with van der Waals surface area (Å²) in [5, 5.41) is 0. The zero-order chi connectivity index (χ0) is 8.39. The van der Waals surface area contributed by atoms with Crippen molar-refractivity contribution >= 4 is 30.4 Å². The Morgan fingerprint density at radius 3 is 2.14 bits per heavy atom. The molecule has 1 aliphatic rings. The molecule has 0 fully saturated rings. The van der Waals surface area contributed by atoms with E-state index in [2.05, 4.69) is 42.5 Å². The average Bonchev–Trinajstić information content (AvgIpc) is 2.54. The molecular weight excluding hydrogens is 294 g/mol. The van der Waals surface area contributed by atoms with E-state index in [1.807, 2.05) is 0 Å². The maximum atomic E-state index is 2.30. The molecule has 0 heterocycles. The maximum absolute atomic E-state index is 2.30. The summed E-state index contributed by atoms with van der Waals surface area (Å²) < 4.78 is 1.54. The quantitative estimate of drug-likeness (QED) is 0.741. The Morgan fingerprint density at radius 1 is 1.00 bits per heavy atom. The van der Waals surface area contributed by atoms with Crippen LogP contribution in [-0.4, -0.2) is 0 Å². The molecule has 1 aliphatic carbocycles. The van der Waals surface area contributed by atoms with Crippen LogP contribution >= 0.6 is 24.8 Å². The van der Waals surface area contributed by atoms with Crippen LogP contribution in [0.15, 0.2) is 45.8 Å². The number of rotatable bonds is 1. The van der Waals surface area contributed by atoms with Gasteiger partial charge in [-0.15, -0.1) is 24.8 Å². The fraction of sp³-hybridized carbons (Fsp3) is 0.0909. The number of hydrogen-bond acceptors (Lipinski definition) is 0. The van der Waals surface area contributed by atoms with Gasteiger partial charge in [-0.1, -0.05) is 0 Å². The number of allylic oxidation sites excluding steroid dienone is 4. The van der Waals surface area contributed by atoms with E-state index in [-0.39, 0.29) is 24.8 Å². The van der Waals surface area contributed by atoms with Gasteiger partial charge in [0.25, 0.3) is 0 Å². The van der Waals surface area contributed by atoms with Gasteiger partial charge in [0.15, 0.2) is 0 Å². The first-order valence-electron chi connectivity index (χ1n) is 4.04.